The number of carbonyl (C=O) groups is 3. The van der Waals surface area contributed by atoms with Gasteiger partial charge in [0.2, 0.25) is 17.7 Å². The molecule has 1 N–H and O–H groups in total. The number of nitrogens with one attached hydrogen (secondary N) is 1. The van der Waals surface area contributed by atoms with Crippen molar-refractivity contribution in [3.63, 3.8) is 0 Å². The highest BCUT2D eigenvalue weighted by Crippen LogP contribution is 2.60. The topological polar surface area (TPSA) is 66.5 Å². The maximum absolute atomic E-state index is 13.7. The van der Waals surface area contributed by atoms with Crippen molar-refractivity contribution in [2.24, 2.45) is 23.7 Å². The fraction of sp³-hybridized carbons (Fsp3) is 0.400. The summed E-state index contributed by atoms with van der Waals surface area (Å²) in [6.45, 7) is 1.81. The van der Waals surface area contributed by atoms with E-state index in [1.807, 2.05) is 37.3 Å². The molecular formula is C25H22Br3ClN2O3. The number of halogens is 4. The fourth-order valence-corrected chi connectivity index (χ4v) is 8.29. The standard InChI is InChI=1S/C25H22Br3ClN2O3/c1-11-16(8-7-15(26)22(11)29)30-23(32)17(9-12-5-3-2-4-6-12)31-24(33)18-13-10-14(19(18)25(31)34)21(28)20(13)27/h2-8,13-14,17-21H,9-10H2,1H3,(H,30,32)/t13-,14-,17-,18-,19+,20-,21+/m0/s1. The van der Waals surface area contributed by atoms with Gasteiger partial charge >= 0.3 is 0 Å². The summed E-state index contributed by atoms with van der Waals surface area (Å²) in [6, 6.07) is 12.0. The first-order valence-electron chi connectivity index (χ1n) is 11.1. The number of carbonyl (C=O) groups excluding carboxylic acids is 3. The molecule has 0 spiro atoms. The molecule has 7 atom stereocenters. The maximum Gasteiger partial charge on any atom is 0.248 e. The molecule has 2 aliphatic carbocycles. The second-order valence-electron chi connectivity index (χ2n) is 9.28. The van der Waals surface area contributed by atoms with E-state index < -0.39 is 11.9 Å². The van der Waals surface area contributed by atoms with Crippen molar-refractivity contribution in [1.82, 2.24) is 4.90 Å². The number of fused-ring (bicyclic) bond motifs is 5. The van der Waals surface area contributed by atoms with E-state index in [-0.39, 0.29) is 51.6 Å². The summed E-state index contributed by atoms with van der Waals surface area (Å²) in [4.78, 5) is 42.5. The monoisotopic (exact) mass is 670 g/mol. The van der Waals surface area contributed by atoms with Gasteiger partial charge in [-0.25, -0.2) is 0 Å². The van der Waals surface area contributed by atoms with Gasteiger partial charge in [0.15, 0.2) is 0 Å². The summed E-state index contributed by atoms with van der Waals surface area (Å²) in [6.07, 6.45) is 1.09. The van der Waals surface area contributed by atoms with Crippen LogP contribution in [0.15, 0.2) is 46.9 Å². The molecule has 178 valence electrons. The molecule has 5 rings (SSSR count). The van der Waals surface area contributed by atoms with Crippen LogP contribution in [0.1, 0.15) is 17.5 Å². The van der Waals surface area contributed by atoms with Crippen molar-refractivity contribution < 1.29 is 14.4 Å². The Kier molecular flexibility index (Phi) is 6.72. The van der Waals surface area contributed by atoms with Crippen LogP contribution < -0.4 is 5.32 Å². The third-order valence-corrected chi connectivity index (χ3v) is 12.1. The molecule has 2 aromatic rings. The van der Waals surface area contributed by atoms with Crippen molar-refractivity contribution in [2.75, 3.05) is 5.32 Å². The number of benzene rings is 2. The summed E-state index contributed by atoms with van der Waals surface area (Å²) >= 11 is 17.2. The summed E-state index contributed by atoms with van der Waals surface area (Å²) in [5, 5.41) is 3.43. The molecule has 9 heteroatoms. The molecule has 2 bridgehead atoms. The van der Waals surface area contributed by atoms with Crippen molar-refractivity contribution in [2.45, 2.75) is 35.5 Å². The first-order chi connectivity index (χ1) is 16.2. The minimum atomic E-state index is -0.947. The van der Waals surface area contributed by atoms with Gasteiger partial charge in [0.25, 0.3) is 0 Å². The minimum absolute atomic E-state index is 0.0915. The van der Waals surface area contributed by atoms with Gasteiger partial charge in [0.1, 0.15) is 6.04 Å². The summed E-state index contributed by atoms with van der Waals surface area (Å²) in [5.74, 6) is -1.41. The highest BCUT2D eigenvalue weighted by molar-refractivity contribution is 9.12. The number of hydrogen-bond donors (Lipinski definition) is 1. The van der Waals surface area contributed by atoms with E-state index in [2.05, 4.69) is 53.1 Å². The number of nitrogens with zero attached hydrogens (tertiary/aromatic N) is 1. The molecule has 1 saturated heterocycles. The molecule has 2 aromatic carbocycles. The van der Waals surface area contributed by atoms with Gasteiger partial charge in [-0.15, -0.1) is 0 Å². The minimum Gasteiger partial charge on any atom is -0.324 e. The fourth-order valence-electron chi connectivity index (χ4n) is 5.82. The number of amides is 3. The lowest BCUT2D eigenvalue weighted by Gasteiger charge is -2.28. The highest BCUT2D eigenvalue weighted by Gasteiger charge is 2.67. The molecule has 0 aromatic heterocycles. The van der Waals surface area contributed by atoms with Crippen molar-refractivity contribution >= 4 is 82.8 Å². The molecule has 3 fully saturated rings. The molecule has 3 amide bonds. The largest absolute Gasteiger partial charge is 0.324 e. The van der Waals surface area contributed by atoms with Crippen LogP contribution >= 0.6 is 59.4 Å². The average Bonchev–Trinajstić information content (AvgIpc) is 3.43. The molecule has 1 heterocycles. The predicted octanol–water partition coefficient (Wildman–Crippen LogP) is 5.74. The Hall–Kier alpha value is -1.22. The van der Waals surface area contributed by atoms with Gasteiger partial charge in [-0.1, -0.05) is 73.8 Å². The smallest absolute Gasteiger partial charge is 0.248 e. The third-order valence-electron chi connectivity index (χ3n) is 7.50. The summed E-state index contributed by atoms with van der Waals surface area (Å²) in [7, 11) is 0. The van der Waals surface area contributed by atoms with E-state index in [1.165, 1.54) is 4.90 Å². The van der Waals surface area contributed by atoms with E-state index in [1.54, 1.807) is 12.1 Å². The zero-order valence-corrected chi connectivity index (χ0v) is 23.7. The predicted molar refractivity (Wildman–Crippen MR) is 142 cm³/mol. The normalized spacial score (nSPS) is 30.6. The Balaban J connectivity index is 1.48. The van der Waals surface area contributed by atoms with Gasteiger partial charge in [-0.05, 0) is 64.4 Å². The molecule has 2 saturated carbocycles. The Labute approximate surface area is 228 Å². The van der Waals surface area contributed by atoms with Crippen LogP contribution in [0.4, 0.5) is 5.69 Å². The van der Waals surface area contributed by atoms with E-state index in [9.17, 15) is 14.4 Å². The lowest BCUT2D eigenvalue weighted by atomic mass is 9.81. The highest BCUT2D eigenvalue weighted by atomic mass is 79.9. The van der Waals surface area contributed by atoms with Crippen LogP contribution in [-0.2, 0) is 20.8 Å². The first kappa shape index (κ1) is 24.5. The molecule has 0 unspecified atom stereocenters. The van der Waals surface area contributed by atoms with Crippen LogP contribution in [-0.4, -0.2) is 38.3 Å². The van der Waals surface area contributed by atoms with E-state index in [4.69, 9.17) is 11.6 Å². The molecule has 1 aliphatic heterocycles. The number of imide groups is 1. The Morgan fingerprint density at radius 2 is 1.65 bits per heavy atom. The van der Waals surface area contributed by atoms with Gasteiger partial charge in [-0.3, -0.25) is 19.3 Å². The van der Waals surface area contributed by atoms with Crippen molar-refractivity contribution in [3.05, 3.63) is 63.1 Å². The number of likely N-dealkylation sites (tertiary alicyclic amines) is 1. The lowest BCUT2D eigenvalue weighted by Crippen LogP contribution is -2.49. The van der Waals surface area contributed by atoms with E-state index >= 15 is 0 Å². The number of rotatable bonds is 5. The Morgan fingerprint density at radius 3 is 2.24 bits per heavy atom. The van der Waals surface area contributed by atoms with Crippen LogP contribution in [0, 0.1) is 30.6 Å². The first-order valence-corrected chi connectivity index (χ1v) is 14.2. The molecule has 34 heavy (non-hydrogen) atoms. The van der Waals surface area contributed by atoms with Crippen LogP contribution in [0.3, 0.4) is 0 Å². The van der Waals surface area contributed by atoms with Crippen LogP contribution in [0.5, 0.6) is 0 Å². The third kappa shape index (κ3) is 3.89. The number of anilines is 1. The zero-order valence-electron chi connectivity index (χ0n) is 18.2. The second-order valence-corrected chi connectivity index (χ2v) is 12.6. The average molecular weight is 674 g/mol. The van der Waals surface area contributed by atoms with Crippen molar-refractivity contribution in [3.8, 4) is 0 Å². The maximum atomic E-state index is 13.7. The number of hydrogen-bond acceptors (Lipinski definition) is 3. The molecule has 3 aliphatic rings. The van der Waals surface area contributed by atoms with Gasteiger partial charge in [0.05, 0.1) is 16.9 Å². The summed E-state index contributed by atoms with van der Waals surface area (Å²) in [5.41, 5.74) is 2.14. The molecule has 5 nitrogen and oxygen atoms in total. The van der Waals surface area contributed by atoms with Gasteiger partial charge in [0, 0.05) is 26.2 Å². The Bertz CT molecular complexity index is 1150. The van der Waals surface area contributed by atoms with Crippen LogP contribution in [0.25, 0.3) is 0 Å². The van der Waals surface area contributed by atoms with Gasteiger partial charge < -0.3 is 5.32 Å². The van der Waals surface area contributed by atoms with Gasteiger partial charge in [-0.2, -0.15) is 0 Å². The lowest BCUT2D eigenvalue weighted by molar-refractivity contribution is -0.147. The van der Waals surface area contributed by atoms with Crippen molar-refractivity contribution in [1.29, 1.82) is 0 Å². The zero-order chi connectivity index (χ0) is 24.3. The molecular weight excluding hydrogens is 651 g/mol. The summed E-state index contributed by atoms with van der Waals surface area (Å²) < 4.78 is 0.729. The second kappa shape index (κ2) is 9.34. The molecule has 0 radical (unpaired) electrons. The SMILES string of the molecule is Cc1c(NC(=O)[C@H](Cc2ccccc2)N2C(=O)[C@@H]3[C@@H]4C[C@H]([C@H](Br)[C@@H]4Br)[C@@H]3C2=O)ccc(Br)c1Cl. The Morgan fingerprint density at radius 1 is 1.06 bits per heavy atom. The number of alkyl halides is 2. The van der Waals surface area contributed by atoms with E-state index in [0.717, 1.165) is 16.5 Å². The quantitative estimate of drug-likeness (QED) is 0.326. The van der Waals surface area contributed by atoms with E-state index in [0.29, 0.717) is 16.3 Å². The van der Waals surface area contributed by atoms with Crippen LogP contribution in [0.2, 0.25) is 5.02 Å².